The van der Waals surface area contributed by atoms with E-state index in [1.165, 1.54) is 11.1 Å². The van der Waals surface area contributed by atoms with Crippen LogP contribution in [0.5, 0.6) is 0 Å². The average Bonchev–Trinajstić information content (AvgIpc) is 3.02. The van der Waals surface area contributed by atoms with Gasteiger partial charge in [0.2, 0.25) is 0 Å². The molecule has 2 heterocycles. The summed E-state index contributed by atoms with van der Waals surface area (Å²) in [5, 5.41) is 0.845. The lowest BCUT2D eigenvalue weighted by atomic mass is 9.91. The van der Waals surface area contributed by atoms with Crippen molar-refractivity contribution < 1.29 is 9.53 Å². The molecule has 2 aromatic rings. The molecule has 1 spiro atoms. The molecule has 2 aliphatic rings. The molecule has 2 aliphatic heterocycles. The van der Waals surface area contributed by atoms with Gasteiger partial charge in [0.05, 0.1) is 6.54 Å². The summed E-state index contributed by atoms with van der Waals surface area (Å²) < 4.78 is 5.85. The van der Waals surface area contributed by atoms with E-state index in [1.54, 1.807) is 4.90 Å². The molecule has 0 saturated carbocycles. The Morgan fingerprint density at radius 2 is 1.85 bits per heavy atom. The van der Waals surface area contributed by atoms with Crippen LogP contribution < -0.4 is 4.90 Å². The Morgan fingerprint density at radius 3 is 2.56 bits per heavy atom. The summed E-state index contributed by atoms with van der Waals surface area (Å²) in [6.45, 7) is 5.55. The zero-order valence-electron chi connectivity index (χ0n) is 15.7. The summed E-state index contributed by atoms with van der Waals surface area (Å²) in [5.41, 5.74) is 3.06. The fraction of sp³-hybridized carbons (Fsp3) is 0.409. The number of hydrogen-bond donors (Lipinski definition) is 0. The maximum absolute atomic E-state index is 12.4. The van der Waals surface area contributed by atoms with Gasteiger partial charge in [-0.1, -0.05) is 48.9 Å². The molecule has 4 nitrogen and oxygen atoms in total. The number of piperidine rings is 1. The van der Waals surface area contributed by atoms with Crippen molar-refractivity contribution in [3.05, 3.63) is 64.7 Å². The number of rotatable bonds is 4. The van der Waals surface area contributed by atoms with Crippen LogP contribution in [-0.2, 0) is 17.7 Å². The van der Waals surface area contributed by atoms with Crippen LogP contribution in [0, 0.1) is 0 Å². The van der Waals surface area contributed by atoms with Crippen molar-refractivity contribution in [3.63, 3.8) is 0 Å². The molecule has 2 saturated heterocycles. The SMILES string of the molecule is CCc1cc(CN2CCC3(CC2)CN(c2ccccc2)C(=O)O3)ccc1Cl. The Hall–Kier alpha value is -2.04. The minimum Gasteiger partial charge on any atom is -0.441 e. The minimum atomic E-state index is -0.349. The van der Waals surface area contributed by atoms with E-state index in [9.17, 15) is 4.79 Å². The summed E-state index contributed by atoms with van der Waals surface area (Å²) in [4.78, 5) is 16.6. The van der Waals surface area contributed by atoms with E-state index < -0.39 is 0 Å². The van der Waals surface area contributed by atoms with Crippen molar-refractivity contribution in [1.29, 1.82) is 0 Å². The third-order valence-corrected chi connectivity index (χ3v) is 6.07. The Bertz CT molecular complexity index is 816. The van der Waals surface area contributed by atoms with E-state index in [4.69, 9.17) is 16.3 Å². The van der Waals surface area contributed by atoms with Gasteiger partial charge in [0.15, 0.2) is 0 Å². The lowest BCUT2D eigenvalue weighted by molar-refractivity contribution is -0.000974. The van der Waals surface area contributed by atoms with Gasteiger partial charge in [0.1, 0.15) is 5.60 Å². The molecular weight excluding hydrogens is 360 g/mol. The van der Waals surface area contributed by atoms with Crippen LogP contribution in [0.3, 0.4) is 0 Å². The molecule has 27 heavy (non-hydrogen) atoms. The Balaban J connectivity index is 1.38. The van der Waals surface area contributed by atoms with E-state index in [1.807, 2.05) is 36.4 Å². The lowest BCUT2D eigenvalue weighted by Gasteiger charge is -2.37. The summed E-state index contributed by atoms with van der Waals surface area (Å²) in [5.74, 6) is 0. The van der Waals surface area contributed by atoms with Gasteiger partial charge >= 0.3 is 6.09 Å². The molecular formula is C22H25ClN2O2. The maximum Gasteiger partial charge on any atom is 0.415 e. The number of para-hydroxylation sites is 1. The molecule has 142 valence electrons. The number of hydrogen-bond acceptors (Lipinski definition) is 3. The van der Waals surface area contributed by atoms with E-state index >= 15 is 0 Å². The molecule has 0 aliphatic carbocycles. The van der Waals surface area contributed by atoms with E-state index in [0.717, 1.165) is 49.6 Å². The third-order valence-electron chi connectivity index (χ3n) is 5.70. The molecule has 0 bridgehead atoms. The first-order valence-corrected chi connectivity index (χ1v) is 10.0. The molecule has 1 amide bonds. The van der Waals surface area contributed by atoms with Crippen LogP contribution >= 0.6 is 11.6 Å². The number of halogens is 1. The first kappa shape index (κ1) is 18.3. The van der Waals surface area contributed by atoms with E-state index in [-0.39, 0.29) is 11.7 Å². The Kier molecular flexibility index (Phi) is 5.11. The second kappa shape index (κ2) is 7.53. The van der Waals surface area contributed by atoms with Crippen LogP contribution in [0.15, 0.2) is 48.5 Å². The van der Waals surface area contributed by atoms with Crippen molar-refractivity contribution in [3.8, 4) is 0 Å². The Labute approximate surface area is 165 Å². The highest BCUT2D eigenvalue weighted by Gasteiger charge is 2.47. The van der Waals surface area contributed by atoms with Gasteiger partial charge in [0.25, 0.3) is 0 Å². The molecule has 0 aromatic heterocycles. The smallest absolute Gasteiger partial charge is 0.415 e. The lowest BCUT2D eigenvalue weighted by Crippen LogP contribution is -2.46. The predicted octanol–water partition coefficient (Wildman–Crippen LogP) is 4.89. The fourth-order valence-corrected chi connectivity index (χ4v) is 4.32. The number of nitrogens with zero attached hydrogens (tertiary/aromatic N) is 2. The van der Waals surface area contributed by atoms with Gasteiger partial charge in [-0.2, -0.15) is 0 Å². The quantitative estimate of drug-likeness (QED) is 0.752. The van der Waals surface area contributed by atoms with Crippen LogP contribution in [-0.4, -0.2) is 36.2 Å². The van der Waals surface area contributed by atoms with Gasteiger partial charge in [0, 0.05) is 43.2 Å². The largest absolute Gasteiger partial charge is 0.441 e. The number of likely N-dealkylation sites (tertiary alicyclic amines) is 1. The summed E-state index contributed by atoms with van der Waals surface area (Å²) in [7, 11) is 0. The van der Waals surface area contributed by atoms with Crippen molar-refractivity contribution >= 4 is 23.4 Å². The third kappa shape index (κ3) is 3.83. The van der Waals surface area contributed by atoms with E-state index in [0.29, 0.717) is 6.54 Å². The molecule has 0 atom stereocenters. The zero-order chi connectivity index (χ0) is 18.9. The first-order valence-electron chi connectivity index (χ1n) is 9.64. The van der Waals surface area contributed by atoms with Crippen LogP contribution in [0.4, 0.5) is 10.5 Å². The monoisotopic (exact) mass is 384 g/mol. The summed E-state index contributed by atoms with van der Waals surface area (Å²) in [6, 6.07) is 16.1. The second-order valence-corrected chi connectivity index (χ2v) is 7.94. The second-order valence-electron chi connectivity index (χ2n) is 7.53. The van der Waals surface area contributed by atoms with Gasteiger partial charge in [-0.05, 0) is 35.7 Å². The number of carbonyl (C=O) groups excluding carboxylic acids is 1. The molecule has 2 aromatic carbocycles. The summed E-state index contributed by atoms with van der Waals surface area (Å²) in [6.07, 6.45) is 2.47. The number of ether oxygens (including phenoxy) is 1. The van der Waals surface area contributed by atoms with Crippen molar-refractivity contribution in [2.45, 2.75) is 38.3 Å². The fourth-order valence-electron chi connectivity index (χ4n) is 4.06. The number of benzene rings is 2. The number of carbonyl (C=O) groups is 1. The van der Waals surface area contributed by atoms with Crippen molar-refractivity contribution in [1.82, 2.24) is 4.90 Å². The highest BCUT2D eigenvalue weighted by Crippen LogP contribution is 2.36. The molecule has 2 fully saturated rings. The average molecular weight is 385 g/mol. The normalized spacial score (nSPS) is 19.5. The minimum absolute atomic E-state index is 0.222. The first-order chi connectivity index (χ1) is 13.1. The van der Waals surface area contributed by atoms with E-state index in [2.05, 4.69) is 24.0 Å². The molecule has 0 N–H and O–H groups in total. The van der Waals surface area contributed by atoms with Crippen LogP contribution in [0.1, 0.15) is 30.9 Å². The van der Waals surface area contributed by atoms with Crippen LogP contribution in [0.2, 0.25) is 5.02 Å². The standard InChI is InChI=1S/C22H25ClN2O2/c1-2-18-14-17(8-9-20(18)23)15-24-12-10-22(11-13-24)16-25(21(26)27-22)19-6-4-3-5-7-19/h3-9,14H,2,10-13,15-16H2,1H3. The van der Waals surface area contributed by atoms with Gasteiger partial charge in [-0.25, -0.2) is 4.79 Å². The highest BCUT2D eigenvalue weighted by molar-refractivity contribution is 6.31. The topological polar surface area (TPSA) is 32.8 Å². The molecule has 4 rings (SSSR count). The molecule has 0 radical (unpaired) electrons. The predicted molar refractivity (Wildman–Crippen MR) is 108 cm³/mol. The highest BCUT2D eigenvalue weighted by atomic mass is 35.5. The summed E-state index contributed by atoms with van der Waals surface area (Å²) >= 11 is 6.23. The molecule has 5 heteroatoms. The van der Waals surface area contributed by atoms with Gasteiger partial charge < -0.3 is 4.74 Å². The van der Waals surface area contributed by atoms with Crippen LogP contribution in [0.25, 0.3) is 0 Å². The Morgan fingerprint density at radius 1 is 1.11 bits per heavy atom. The number of anilines is 1. The molecule has 0 unspecified atom stereocenters. The number of amides is 1. The zero-order valence-corrected chi connectivity index (χ0v) is 16.4. The van der Waals surface area contributed by atoms with Gasteiger partial charge in [-0.15, -0.1) is 0 Å². The van der Waals surface area contributed by atoms with Crippen molar-refractivity contribution in [2.24, 2.45) is 0 Å². The number of aryl methyl sites for hydroxylation is 1. The van der Waals surface area contributed by atoms with Crippen molar-refractivity contribution in [2.75, 3.05) is 24.5 Å². The van der Waals surface area contributed by atoms with Gasteiger partial charge in [-0.3, -0.25) is 9.80 Å². The maximum atomic E-state index is 12.4.